The summed E-state index contributed by atoms with van der Waals surface area (Å²) >= 11 is 1.58. The molecule has 0 bridgehead atoms. The van der Waals surface area contributed by atoms with Crippen LogP contribution in [0.2, 0.25) is 0 Å². The van der Waals surface area contributed by atoms with Crippen LogP contribution in [0.1, 0.15) is 49.2 Å². The van der Waals surface area contributed by atoms with Crippen LogP contribution in [-0.4, -0.2) is 55.3 Å². The molecule has 6 nitrogen and oxygen atoms in total. The molecule has 0 aliphatic carbocycles. The average molecular weight is 441 g/mol. The van der Waals surface area contributed by atoms with Crippen molar-refractivity contribution in [3.05, 3.63) is 51.7 Å². The maximum Gasteiger partial charge on any atom is 0.410 e. The van der Waals surface area contributed by atoms with Gasteiger partial charge in [-0.25, -0.2) is 9.59 Å². The van der Waals surface area contributed by atoms with Crippen molar-refractivity contribution in [3.63, 3.8) is 0 Å². The van der Waals surface area contributed by atoms with E-state index in [1.165, 1.54) is 0 Å². The topological polar surface area (TPSA) is 59.1 Å². The zero-order valence-corrected chi connectivity index (χ0v) is 19.3. The Bertz CT molecular complexity index is 975. The van der Waals surface area contributed by atoms with Gasteiger partial charge in [0.1, 0.15) is 5.60 Å². The van der Waals surface area contributed by atoms with Crippen molar-refractivity contribution in [1.82, 2.24) is 4.90 Å². The van der Waals surface area contributed by atoms with Crippen LogP contribution in [0.4, 0.5) is 10.5 Å². The second kappa shape index (κ2) is 9.88. The number of nitrogens with zero attached hydrogens (tertiary/aromatic N) is 2. The van der Waals surface area contributed by atoms with Gasteiger partial charge in [0.2, 0.25) is 0 Å². The Hall–Kier alpha value is -2.98. The van der Waals surface area contributed by atoms with E-state index in [-0.39, 0.29) is 12.1 Å². The number of benzene rings is 1. The normalized spacial score (nSPS) is 13.9. The Kier molecular flexibility index (Phi) is 7.24. The zero-order chi connectivity index (χ0) is 22.4. The molecule has 1 fully saturated rings. The number of hydrogen-bond donors (Lipinski definition) is 0. The molecular weight excluding hydrogens is 412 g/mol. The van der Waals surface area contributed by atoms with Gasteiger partial charge in [0.15, 0.2) is 0 Å². The van der Waals surface area contributed by atoms with Crippen LogP contribution in [0.15, 0.2) is 35.0 Å². The predicted octanol–water partition coefficient (Wildman–Crippen LogP) is 4.38. The van der Waals surface area contributed by atoms with Crippen molar-refractivity contribution in [2.24, 2.45) is 0 Å². The Morgan fingerprint density at radius 3 is 2.45 bits per heavy atom. The van der Waals surface area contributed by atoms with E-state index in [1.54, 1.807) is 23.2 Å². The van der Waals surface area contributed by atoms with E-state index >= 15 is 0 Å². The quantitative estimate of drug-likeness (QED) is 0.524. The molecule has 1 aromatic carbocycles. The second-order valence-electron chi connectivity index (χ2n) is 8.17. The molecule has 0 radical (unpaired) electrons. The maximum atomic E-state index is 12.6. The van der Waals surface area contributed by atoms with Crippen molar-refractivity contribution in [2.75, 3.05) is 37.7 Å². The minimum absolute atomic E-state index is 0.293. The highest BCUT2D eigenvalue weighted by Gasteiger charge is 2.26. The number of thiophene rings is 1. The van der Waals surface area contributed by atoms with Crippen LogP contribution in [-0.2, 0) is 9.47 Å². The van der Waals surface area contributed by atoms with E-state index < -0.39 is 5.60 Å². The number of amides is 1. The van der Waals surface area contributed by atoms with Crippen LogP contribution in [0.5, 0.6) is 0 Å². The SMILES string of the molecule is CCOC(=O)c1cc(N2CCN(C(=O)OC(C)(C)C)CC2)ccc1C#Cc1ccsc1. The largest absolute Gasteiger partial charge is 0.462 e. The molecular formula is C24H28N2O4S. The molecule has 1 aliphatic heterocycles. The van der Waals surface area contributed by atoms with Gasteiger partial charge in [-0.1, -0.05) is 11.8 Å². The number of rotatable bonds is 3. The first kappa shape index (κ1) is 22.7. The van der Waals surface area contributed by atoms with Gasteiger partial charge in [-0.05, 0) is 57.3 Å². The minimum atomic E-state index is -0.511. The Morgan fingerprint density at radius 2 is 1.84 bits per heavy atom. The van der Waals surface area contributed by atoms with E-state index in [9.17, 15) is 9.59 Å². The highest BCUT2D eigenvalue weighted by atomic mass is 32.1. The molecule has 3 rings (SSSR count). The summed E-state index contributed by atoms with van der Waals surface area (Å²) in [5.41, 5.74) is 2.41. The van der Waals surface area contributed by atoms with Gasteiger partial charge in [0.25, 0.3) is 0 Å². The molecule has 1 saturated heterocycles. The summed E-state index contributed by atoms with van der Waals surface area (Å²) in [4.78, 5) is 28.7. The molecule has 0 spiro atoms. The Balaban J connectivity index is 1.76. The second-order valence-corrected chi connectivity index (χ2v) is 8.95. The third-order valence-corrected chi connectivity index (χ3v) is 5.34. The van der Waals surface area contributed by atoms with Gasteiger partial charge >= 0.3 is 12.1 Å². The molecule has 1 amide bonds. The maximum absolute atomic E-state index is 12.6. The summed E-state index contributed by atoms with van der Waals surface area (Å²) in [6.45, 7) is 10.1. The van der Waals surface area contributed by atoms with Gasteiger partial charge in [-0.15, -0.1) is 0 Å². The average Bonchev–Trinajstić information content (AvgIpc) is 3.25. The summed E-state index contributed by atoms with van der Waals surface area (Å²) < 4.78 is 10.7. The molecule has 2 heterocycles. The highest BCUT2D eigenvalue weighted by molar-refractivity contribution is 7.08. The first-order valence-electron chi connectivity index (χ1n) is 10.3. The number of carbonyl (C=O) groups excluding carboxylic acids is 2. The van der Waals surface area contributed by atoms with Crippen LogP contribution >= 0.6 is 11.3 Å². The third-order valence-electron chi connectivity index (χ3n) is 4.66. The number of anilines is 1. The molecule has 0 saturated carbocycles. The fraction of sp³-hybridized carbons (Fsp3) is 0.417. The van der Waals surface area contributed by atoms with Crippen molar-refractivity contribution in [3.8, 4) is 11.8 Å². The van der Waals surface area contributed by atoms with Crippen molar-refractivity contribution in [2.45, 2.75) is 33.3 Å². The predicted molar refractivity (Wildman–Crippen MR) is 123 cm³/mol. The van der Waals surface area contributed by atoms with Gasteiger partial charge in [-0.3, -0.25) is 0 Å². The van der Waals surface area contributed by atoms with E-state index in [0.29, 0.717) is 43.9 Å². The van der Waals surface area contributed by atoms with Gasteiger partial charge in [0.05, 0.1) is 12.2 Å². The van der Waals surface area contributed by atoms with Crippen LogP contribution in [0, 0.1) is 11.8 Å². The minimum Gasteiger partial charge on any atom is -0.462 e. The van der Waals surface area contributed by atoms with E-state index in [1.807, 2.05) is 55.8 Å². The lowest BCUT2D eigenvalue weighted by Gasteiger charge is -2.36. The van der Waals surface area contributed by atoms with E-state index in [2.05, 4.69) is 16.7 Å². The number of ether oxygens (including phenoxy) is 2. The zero-order valence-electron chi connectivity index (χ0n) is 18.4. The molecule has 164 valence electrons. The fourth-order valence-electron chi connectivity index (χ4n) is 3.16. The van der Waals surface area contributed by atoms with Gasteiger partial charge in [-0.2, -0.15) is 11.3 Å². The number of piperazine rings is 1. The van der Waals surface area contributed by atoms with E-state index in [4.69, 9.17) is 9.47 Å². The van der Waals surface area contributed by atoms with Crippen LogP contribution in [0.25, 0.3) is 0 Å². The molecule has 1 aromatic heterocycles. The lowest BCUT2D eigenvalue weighted by atomic mass is 10.1. The van der Waals surface area contributed by atoms with Crippen LogP contribution in [0.3, 0.4) is 0 Å². The summed E-state index contributed by atoms with van der Waals surface area (Å²) in [7, 11) is 0. The monoisotopic (exact) mass is 440 g/mol. The highest BCUT2D eigenvalue weighted by Crippen LogP contribution is 2.23. The fourth-order valence-corrected chi connectivity index (χ4v) is 3.75. The number of esters is 1. The van der Waals surface area contributed by atoms with Crippen molar-refractivity contribution >= 4 is 29.1 Å². The lowest BCUT2D eigenvalue weighted by molar-refractivity contribution is 0.0240. The van der Waals surface area contributed by atoms with Gasteiger partial charge in [0, 0.05) is 48.4 Å². The smallest absolute Gasteiger partial charge is 0.410 e. The molecule has 2 aromatic rings. The first-order chi connectivity index (χ1) is 14.8. The molecule has 7 heteroatoms. The van der Waals surface area contributed by atoms with Crippen molar-refractivity contribution < 1.29 is 19.1 Å². The van der Waals surface area contributed by atoms with Crippen molar-refractivity contribution in [1.29, 1.82) is 0 Å². The number of carbonyl (C=O) groups is 2. The van der Waals surface area contributed by atoms with E-state index in [0.717, 1.165) is 11.3 Å². The summed E-state index contributed by atoms with van der Waals surface area (Å²) in [5, 5.41) is 3.94. The van der Waals surface area contributed by atoms with Crippen LogP contribution < -0.4 is 4.90 Å². The summed E-state index contributed by atoms with van der Waals surface area (Å²) in [6, 6.07) is 7.60. The molecule has 0 N–H and O–H groups in total. The summed E-state index contributed by atoms with van der Waals surface area (Å²) in [5.74, 6) is 5.81. The first-order valence-corrected chi connectivity index (χ1v) is 11.3. The molecule has 0 unspecified atom stereocenters. The lowest BCUT2D eigenvalue weighted by Crippen LogP contribution is -2.50. The molecule has 31 heavy (non-hydrogen) atoms. The number of hydrogen-bond acceptors (Lipinski definition) is 6. The Labute approximate surface area is 187 Å². The van der Waals surface area contributed by atoms with Gasteiger partial charge < -0.3 is 19.3 Å². The Morgan fingerprint density at radius 1 is 1.10 bits per heavy atom. The standard InChI is InChI=1S/C24H28N2O4S/c1-5-29-22(27)21-16-20(9-8-19(21)7-6-18-10-15-31-17-18)25-11-13-26(14-12-25)23(28)30-24(2,3)4/h8-10,15-17H,5,11-14H2,1-4H3. The summed E-state index contributed by atoms with van der Waals surface area (Å²) in [6.07, 6.45) is -0.293. The molecule has 1 aliphatic rings. The third kappa shape index (κ3) is 6.25. The molecule has 0 atom stereocenters.